The number of rotatable bonds is 5. The van der Waals surface area contributed by atoms with Gasteiger partial charge in [0.15, 0.2) is 12.2 Å². The zero-order valence-electron chi connectivity index (χ0n) is 14.8. The highest BCUT2D eigenvalue weighted by atomic mass is 16.5. The van der Waals surface area contributed by atoms with Crippen molar-refractivity contribution in [2.45, 2.75) is 13.0 Å². The van der Waals surface area contributed by atoms with Crippen molar-refractivity contribution in [2.24, 2.45) is 0 Å². The number of benzene rings is 3. The molecule has 4 rings (SSSR count). The molecule has 1 N–H and O–H groups in total. The Morgan fingerprint density at radius 1 is 1.00 bits per heavy atom. The Labute approximate surface area is 152 Å². The van der Waals surface area contributed by atoms with E-state index in [4.69, 9.17) is 9.15 Å². The molecule has 0 aliphatic carbocycles. The number of ether oxygens (including phenoxy) is 1. The Morgan fingerprint density at radius 2 is 1.85 bits per heavy atom. The maximum Gasteiger partial charge on any atom is 0.181 e. The number of nitrogens with one attached hydrogen (secondary N) is 1. The van der Waals surface area contributed by atoms with Crippen LogP contribution in [-0.2, 0) is 0 Å². The molecule has 0 amide bonds. The van der Waals surface area contributed by atoms with E-state index in [0.717, 1.165) is 22.8 Å². The summed E-state index contributed by atoms with van der Waals surface area (Å²) < 4.78 is 10.7. The van der Waals surface area contributed by atoms with Gasteiger partial charge in [0.25, 0.3) is 0 Å². The fourth-order valence-electron chi connectivity index (χ4n) is 3.09. The van der Waals surface area contributed by atoms with E-state index in [1.54, 1.807) is 13.3 Å². The number of fused-ring (bicyclic) bond motifs is 1. The van der Waals surface area contributed by atoms with Crippen LogP contribution in [0, 0.1) is 0 Å². The van der Waals surface area contributed by atoms with Gasteiger partial charge in [-0.2, -0.15) is 0 Å². The molecule has 0 saturated heterocycles. The highest BCUT2D eigenvalue weighted by Crippen LogP contribution is 2.28. The summed E-state index contributed by atoms with van der Waals surface area (Å²) >= 11 is 0. The van der Waals surface area contributed by atoms with Crippen LogP contribution in [0.1, 0.15) is 18.5 Å². The molecule has 0 aliphatic rings. The van der Waals surface area contributed by atoms with Gasteiger partial charge in [-0.25, -0.2) is 4.98 Å². The molecule has 26 heavy (non-hydrogen) atoms. The zero-order valence-corrected chi connectivity index (χ0v) is 14.8. The first-order valence-corrected chi connectivity index (χ1v) is 8.56. The molecule has 0 radical (unpaired) electrons. The molecule has 0 bridgehead atoms. The first-order valence-electron chi connectivity index (χ1n) is 8.56. The van der Waals surface area contributed by atoms with Crippen molar-refractivity contribution in [3.8, 4) is 17.1 Å². The summed E-state index contributed by atoms with van der Waals surface area (Å²) in [4.78, 5) is 3.98. The largest absolute Gasteiger partial charge is 0.497 e. The Kier molecular flexibility index (Phi) is 4.32. The van der Waals surface area contributed by atoms with Crippen LogP contribution >= 0.6 is 0 Å². The lowest BCUT2D eigenvalue weighted by atomic mass is 10.0. The van der Waals surface area contributed by atoms with Gasteiger partial charge in [-0.15, -0.1) is 0 Å². The fourth-order valence-corrected chi connectivity index (χ4v) is 3.09. The average molecular weight is 344 g/mol. The van der Waals surface area contributed by atoms with E-state index in [0.29, 0.717) is 0 Å². The first-order chi connectivity index (χ1) is 12.7. The maximum absolute atomic E-state index is 5.38. The number of aromatic nitrogens is 1. The summed E-state index contributed by atoms with van der Waals surface area (Å²) in [6.45, 7) is 2.16. The van der Waals surface area contributed by atoms with Crippen molar-refractivity contribution in [3.05, 3.63) is 78.8 Å². The van der Waals surface area contributed by atoms with Crippen LogP contribution in [0.3, 0.4) is 0 Å². The van der Waals surface area contributed by atoms with Gasteiger partial charge in [0.1, 0.15) is 5.75 Å². The molecule has 3 aromatic carbocycles. The van der Waals surface area contributed by atoms with E-state index < -0.39 is 0 Å². The second kappa shape index (κ2) is 6.92. The molecule has 1 unspecified atom stereocenters. The van der Waals surface area contributed by atoms with Crippen molar-refractivity contribution >= 4 is 16.5 Å². The Hall–Kier alpha value is -3.27. The molecule has 1 aromatic heterocycles. The molecule has 4 heteroatoms. The SMILES string of the molecule is COc1ccc2cc(C(C)Nc3cccc(-c4cnco4)c3)ccc2c1. The highest BCUT2D eigenvalue weighted by molar-refractivity contribution is 5.84. The van der Waals surface area contributed by atoms with Crippen LogP contribution in [0.2, 0.25) is 0 Å². The second-order valence-electron chi connectivity index (χ2n) is 6.29. The molecule has 0 saturated carbocycles. The lowest BCUT2D eigenvalue weighted by Crippen LogP contribution is -2.06. The molecule has 1 heterocycles. The molecule has 4 aromatic rings. The van der Waals surface area contributed by atoms with Crippen LogP contribution in [0.25, 0.3) is 22.1 Å². The molecular formula is C22H20N2O2. The molecular weight excluding hydrogens is 324 g/mol. The molecule has 0 aliphatic heterocycles. The van der Waals surface area contributed by atoms with Gasteiger partial charge in [-0.1, -0.05) is 30.3 Å². The normalized spacial score (nSPS) is 12.1. The van der Waals surface area contributed by atoms with Crippen LogP contribution in [-0.4, -0.2) is 12.1 Å². The minimum Gasteiger partial charge on any atom is -0.497 e. The Morgan fingerprint density at radius 3 is 2.65 bits per heavy atom. The summed E-state index contributed by atoms with van der Waals surface area (Å²) in [6.07, 6.45) is 3.17. The van der Waals surface area contributed by atoms with E-state index in [1.807, 2.05) is 18.2 Å². The molecule has 130 valence electrons. The van der Waals surface area contributed by atoms with Crippen molar-refractivity contribution in [3.63, 3.8) is 0 Å². The zero-order chi connectivity index (χ0) is 17.9. The van der Waals surface area contributed by atoms with Gasteiger partial charge in [0.2, 0.25) is 0 Å². The third kappa shape index (κ3) is 3.26. The summed E-state index contributed by atoms with van der Waals surface area (Å²) in [5, 5.41) is 5.94. The van der Waals surface area contributed by atoms with Crippen molar-refractivity contribution < 1.29 is 9.15 Å². The van der Waals surface area contributed by atoms with Gasteiger partial charge in [-0.3, -0.25) is 0 Å². The quantitative estimate of drug-likeness (QED) is 0.506. The fraction of sp³-hybridized carbons (Fsp3) is 0.136. The van der Waals surface area contributed by atoms with Gasteiger partial charge < -0.3 is 14.5 Å². The smallest absolute Gasteiger partial charge is 0.181 e. The monoisotopic (exact) mass is 344 g/mol. The van der Waals surface area contributed by atoms with Crippen LogP contribution in [0.4, 0.5) is 5.69 Å². The van der Waals surface area contributed by atoms with E-state index in [9.17, 15) is 0 Å². The predicted molar refractivity (Wildman–Crippen MR) is 104 cm³/mol. The van der Waals surface area contributed by atoms with E-state index in [2.05, 4.69) is 59.7 Å². The highest BCUT2D eigenvalue weighted by Gasteiger charge is 2.08. The maximum atomic E-state index is 5.38. The minimum atomic E-state index is 0.173. The summed E-state index contributed by atoms with van der Waals surface area (Å²) in [6, 6.07) is 21.0. The van der Waals surface area contributed by atoms with Crippen molar-refractivity contribution in [1.29, 1.82) is 0 Å². The van der Waals surface area contributed by atoms with Crippen LogP contribution in [0.5, 0.6) is 5.75 Å². The third-order valence-corrected chi connectivity index (χ3v) is 4.53. The third-order valence-electron chi connectivity index (χ3n) is 4.53. The molecule has 1 atom stereocenters. The van der Waals surface area contributed by atoms with Gasteiger partial charge >= 0.3 is 0 Å². The molecule has 4 nitrogen and oxygen atoms in total. The van der Waals surface area contributed by atoms with Crippen LogP contribution < -0.4 is 10.1 Å². The first kappa shape index (κ1) is 16.2. The van der Waals surface area contributed by atoms with E-state index >= 15 is 0 Å². The van der Waals surface area contributed by atoms with Crippen molar-refractivity contribution in [1.82, 2.24) is 4.98 Å². The summed E-state index contributed by atoms with van der Waals surface area (Å²) in [5.41, 5.74) is 3.28. The second-order valence-corrected chi connectivity index (χ2v) is 6.29. The van der Waals surface area contributed by atoms with Gasteiger partial charge in [-0.05, 0) is 53.6 Å². The van der Waals surface area contributed by atoms with E-state index in [-0.39, 0.29) is 6.04 Å². The van der Waals surface area contributed by atoms with Crippen LogP contribution in [0.15, 0.2) is 77.7 Å². The summed E-state index contributed by atoms with van der Waals surface area (Å²) in [5.74, 6) is 1.64. The predicted octanol–water partition coefficient (Wildman–Crippen LogP) is 5.68. The molecule has 0 fully saturated rings. The lowest BCUT2D eigenvalue weighted by molar-refractivity contribution is 0.415. The average Bonchev–Trinajstić information content (AvgIpc) is 3.22. The van der Waals surface area contributed by atoms with Gasteiger partial charge in [0, 0.05) is 17.3 Å². The Bertz CT molecular complexity index is 1030. The minimum absolute atomic E-state index is 0.173. The number of hydrogen-bond donors (Lipinski definition) is 1. The standard InChI is InChI=1S/C22H20N2O2/c1-15(16-6-7-18-12-21(25-2)9-8-17(18)10-16)24-20-5-3-4-19(11-20)22-13-23-14-26-22/h3-15,24H,1-2H3. The molecule has 0 spiro atoms. The number of oxazole rings is 1. The van der Waals surface area contributed by atoms with Crippen molar-refractivity contribution in [2.75, 3.05) is 12.4 Å². The lowest BCUT2D eigenvalue weighted by Gasteiger charge is -2.17. The number of anilines is 1. The number of hydrogen-bond acceptors (Lipinski definition) is 4. The van der Waals surface area contributed by atoms with Gasteiger partial charge in [0.05, 0.1) is 13.3 Å². The van der Waals surface area contributed by atoms with E-state index in [1.165, 1.54) is 22.7 Å². The Balaban J connectivity index is 1.57. The topological polar surface area (TPSA) is 47.3 Å². The summed E-state index contributed by atoms with van der Waals surface area (Å²) in [7, 11) is 1.69. The number of nitrogens with zero attached hydrogens (tertiary/aromatic N) is 1. The number of methoxy groups -OCH3 is 1.